The van der Waals surface area contributed by atoms with Crippen LogP contribution < -0.4 is 0 Å². The van der Waals surface area contributed by atoms with Crippen molar-refractivity contribution in [2.45, 2.75) is 57.5 Å². The third-order valence-corrected chi connectivity index (χ3v) is 5.75. The van der Waals surface area contributed by atoms with Gasteiger partial charge in [-0.15, -0.1) is 0 Å². The molecule has 1 aliphatic heterocycles. The lowest BCUT2D eigenvalue weighted by atomic mass is 9.87. The molecule has 0 spiro atoms. The third-order valence-electron chi connectivity index (χ3n) is 5.75. The quantitative estimate of drug-likeness (QED) is 0.728. The van der Waals surface area contributed by atoms with E-state index in [0.29, 0.717) is 6.61 Å². The van der Waals surface area contributed by atoms with Gasteiger partial charge in [-0.05, 0) is 69.4 Å². The molecule has 1 heterocycles. The lowest BCUT2D eigenvalue weighted by Gasteiger charge is -2.28. The highest BCUT2D eigenvalue weighted by Gasteiger charge is 2.38. The Bertz CT molecular complexity index is 291. The van der Waals surface area contributed by atoms with Crippen LogP contribution in [-0.2, 0) is 4.74 Å². The van der Waals surface area contributed by atoms with Crippen LogP contribution in [0.25, 0.3) is 0 Å². The van der Waals surface area contributed by atoms with Crippen LogP contribution in [0.5, 0.6) is 0 Å². The second kappa shape index (κ2) is 7.24. The molecule has 3 heteroatoms. The molecule has 1 saturated heterocycles. The summed E-state index contributed by atoms with van der Waals surface area (Å²) in [4.78, 5) is 2.38. The van der Waals surface area contributed by atoms with Crippen LogP contribution in [0.3, 0.4) is 0 Å². The van der Waals surface area contributed by atoms with Gasteiger partial charge in [0.1, 0.15) is 0 Å². The van der Waals surface area contributed by atoms with Gasteiger partial charge >= 0.3 is 0 Å². The summed E-state index contributed by atoms with van der Waals surface area (Å²) in [6.07, 6.45) is 10.7. The van der Waals surface area contributed by atoms with Gasteiger partial charge in [0.2, 0.25) is 0 Å². The number of aliphatic hydroxyl groups excluding tert-OH is 1. The number of aliphatic hydroxyl groups is 1. The average molecular weight is 281 g/mol. The predicted molar refractivity (Wildman–Crippen MR) is 80.7 cm³/mol. The summed E-state index contributed by atoms with van der Waals surface area (Å²) in [5.74, 6) is 2.96. The molecule has 0 radical (unpaired) electrons. The number of hydrogen-bond acceptors (Lipinski definition) is 3. The van der Waals surface area contributed by atoms with Crippen molar-refractivity contribution in [1.82, 2.24) is 4.90 Å². The lowest BCUT2D eigenvalue weighted by Crippen LogP contribution is -2.38. The molecule has 3 fully saturated rings. The van der Waals surface area contributed by atoms with Crippen LogP contribution in [-0.4, -0.2) is 49.0 Å². The van der Waals surface area contributed by atoms with E-state index < -0.39 is 0 Å². The van der Waals surface area contributed by atoms with E-state index in [4.69, 9.17) is 4.74 Å². The van der Waals surface area contributed by atoms with Crippen LogP contribution in [0.4, 0.5) is 0 Å². The van der Waals surface area contributed by atoms with Crippen molar-refractivity contribution in [3.05, 3.63) is 0 Å². The Labute approximate surface area is 123 Å². The van der Waals surface area contributed by atoms with Crippen LogP contribution in [0.1, 0.15) is 51.4 Å². The summed E-state index contributed by atoms with van der Waals surface area (Å²) in [5, 5.41) is 10.0. The largest absolute Gasteiger partial charge is 0.389 e. The number of rotatable bonds is 7. The number of likely N-dealkylation sites (tertiary alicyclic amines) is 1. The highest BCUT2D eigenvalue weighted by atomic mass is 16.5. The Morgan fingerprint density at radius 1 is 1.10 bits per heavy atom. The number of hydrogen-bond donors (Lipinski definition) is 1. The number of nitrogens with zero attached hydrogens (tertiary/aromatic N) is 1. The monoisotopic (exact) mass is 281 g/mol. The van der Waals surface area contributed by atoms with Gasteiger partial charge in [-0.3, -0.25) is 0 Å². The molecule has 1 N–H and O–H groups in total. The molecule has 0 aromatic carbocycles. The molecule has 2 bridgehead atoms. The van der Waals surface area contributed by atoms with Crippen molar-refractivity contribution < 1.29 is 9.84 Å². The van der Waals surface area contributed by atoms with Crippen molar-refractivity contribution in [2.75, 3.05) is 32.8 Å². The molecule has 0 unspecified atom stereocenters. The molecule has 2 aliphatic carbocycles. The lowest BCUT2D eigenvalue weighted by molar-refractivity contribution is 0.00805. The van der Waals surface area contributed by atoms with Crippen molar-refractivity contribution in [3.63, 3.8) is 0 Å². The molecule has 0 aromatic heterocycles. The molecular formula is C17H31NO2. The Balaban J connectivity index is 1.24. The van der Waals surface area contributed by atoms with E-state index in [1.807, 2.05) is 0 Å². The minimum atomic E-state index is -0.298. The molecule has 116 valence electrons. The SMILES string of the molecule is O[C@H](COCC[C@@H]1C[C@@H]2CC[C@@H]1C2)CN1CCCCC1. The fraction of sp³-hybridized carbons (Fsp3) is 1.00. The van der Waals surface area contributed by atoms with Gasteiger partial charge in [0.15, 0.2) is 0 Å². The molecule has 20 heavy (non-hydrogen) atoms. The first-order valence-electron chi connectivity index (χ1n) is 8.79. The van der Waals surface area contributed by atoms with E-state index in [0.717, 1.165) is 44.0 Å². The van der Waals surface area contributed by atoms with E-state index in [1.165, 1.54) is 51.4 Å². The van der Waals surface area contributed by atoms with Crippen molar-refractivity contribution in [2.24, 2.45) is 17.8 Å². The Hall–Kier alpha value is -0.120. The zero-order chi connectivity index (χ0) is 13.8. The molecule has 4 atom stereocenters. The Kier molecular flexibility index (Phi) is 5.36. The van der Waals surface area contributed by atoms with E-state index in [1.54, 1.807) is 0 Å². The maximum absolute atomic E-state index is 10.0. The normalized spacial score (nSPS) is 35.5. The van der Waals surface area contributed by atoms with E-state index in [-0.39, 0.29) is 6.10 Å². The fourth-order valence-corrected chi connectivity index (χ4v) is 4.68. The van der Waals surface area contributed by atoms with E-state index in [9.17, 15) is 5.11 Å². The van der Waals surface area contributed by atoms with Gasteiger partial charge in [0.25, 0.3) is 0 Å². The summed E-state index contributed by atoms with van der Waals surface area (Å²) in [6.45, 7) is 4.49. The first-order valence-corrected chi connectivity index (χ1v) is 8.79. The zero-order valence-electron chi connectivity index (χ0n) is 12.8. The van der Waals surface area contributed by atoms with Gasteiger partial charge in [-0.2, -0.15) is 0 Å². The second-order valence-electron chi connectivity index (χ2n) is 7.31. The number of piperidine rings is 1. The Morgan fingerprint density at radius 3 is 2.65 bits per heavy atom. The molecule has 3 rings (SSSR count). The van der Waals surface area contributed by atoms with Gasteiger partial charge in [-0.25, -0.2) is 0 Å². The summed E-state index contributed by atoms with van der Waals surface area (Å²) in [7, 11) is 0. The number of ether oxygens (including phenoxy) is 1. The molecule has 3 aliphatic rings. The topological polar surface area (TPSA) is 32.7 Å². The van der Waals surface area contributed by atoms with Crippen LogP contribution >= 0.6 is 0 Å². The first-order chi connectivity index (χ1) is 9.81. The minimum absolute atomic E-state index is 0.298. The number of β-amino-alcohol motifs (C(OH)–C–C–N with tert-alkyl or cyclic N) is 1. The van der Waals surface area contributed by atoms with Crippen molar-refractivity contribution in [3.8, 4) is 0 Å². The van der Waals surface area contributed by atoms with Crippen molar-refractivity contribution >= 4 is 0 Å². The summed E-state index contributed by atoms with van der Waals surface area (Å²) in [5.41, 5.74) is 0. The maximum atomic E-state index is 10.0. The van der Waals surface area contributed by atoms with E-state index in [2.05, 4.69) is 4.90 Å². The summed E-state index contributed by atoms with van der Waals surface area (Å²) in [6, 6.07) is 0. The standard InChI is InChI=1S/C17H31NO2/c19-17(12-18-7-2-1-3-8-18)13-20-9-6-16-11-14-4-5-15(16)10-14/h14-17,19H,1-13H2/t14-,15-,16-,17+/m1/s1. The summed E-state index contributed by atoms with van der Waals surface area (Å²) >= 11 is 0. The molecule has 3 nitrogen and oxygen atoms in total. The third kappa shape index (κ3) is 3.96. The predicted octanol–water partition coefficient (Wildman–Crippen LogP) is 2.68. The highest BCUT2D eigenvalue weighted by Crippen LogP contribution is 2.49. The van der Waals surface area contributed by atoms with Gasteiger partial charge in [-0.1, -0.05) is 12.8 Å². The average Bonchev–Trinajstić information content (AvgIpc) is 3.07. The minimum Gasteiger partial charge on any atom is -0.389 e. The smallest absolute Gasteiger partial charge is 0.0900 e. The summed E-state index contributed by atoms with van der Waals surface area (Å²) < 4.78 is 5.73. The maximum Gasteiger partial charge on any atom is 0.0900 e. The second-order valence-corrected chi connectivity index (χ2v) is 7.31. The molecule has 2 saturated carbocycles. The molecule has 0 aromatic rings. The van der Waals surface area contributed by atoms with Gasteiger partial charge in [0, 0.05) is 13.2 Å². The molecular weight excluding hydrogens is 250 g/mol. The zero-order valence-corrected chi connectivity index (χ0v) is 12.8. The van der Waals surface area contributed by atoms with Gasteiger partial charge < -0.3 is 14.7 Å². The van der Waals surface area contributed by atoms with Crippen LogP contribution in [0.2, 0.25) is 0 Å². The number of fused-ring (bicyclic) bond motifs is 2. The fourth-order valence-electron chi connectivity index (χ4n) is 4.68. The first kappa shape index (κ1) is 14.8. The van der Waals surface area contributed by atoms with Gasteiger partial charge in [0.05, 0.1) is 12.7 Å². The van der Waals surface area contributed by atoms with Crippen LogP contribution in [0.15, 0.2) is 0 Å². The van der Waals surface area contributed by atoms with E-state index >= 15 is 0 Å². The molecule has 0 amide bonds. The Morgan fingerprint density at radius 2 is 1.95 bits per heavy atom. The highest BCUT2D eigenvalue weighted by molar-refractivity contribution is 4.89. The van der Waals surface area contributed by atoms with Crippen molar-refractivity contribution in [1.29, 1.82) is 0 Å². The van der Waals surface area contributed by atoms with Crippen LogP contribution in [0, 0.1) is 17.8 Å².